The molecule has 0 saturated heterocycles. The van der Waals surface area contributed by atoms with Crippen LogP contribution in [-0.2, 0) is 14.4 Å². The fourth-order valence-corrected chi connectivity index (χ4v) is 1.95. The summed E-state index contributed by atoms with van der Waals surface area (Å²) in [7, 11) is 4.34. The number of ether oxygens (including phenoxy) is 3. The fourth-order valence-electron chi connectivity index (χ4n) is 1.95. The van der Waals surface area contributed by atoms with Crippen LogP contribution >= 0.6 is 0 Å². The molecule has 0 unspecified atom stereocenters. The summed E-state index contributed by atoms with van der Waals surface area (Å²) in [6, 6.07) is 1.64. The average Bonchev–Trinajstić information content (AvgIpc) is 2.57. The van der Waals surface area contributed by atoms with Gasteiger partial charge in [0, 0.05) is 18.2 Å². The van der Waals surface area contributed by atoms with Crippen molar-refractivity contribution in [2.24, 2.45) is 0 Å². The van der Waals surface area contributed by atoms with Gasteiger partial charge in [-0.25, -0.2) is 4.79 Å². The second-order valence-corrected chi connectivity index (χ2v) is 4.78. The molecule has 25 heavy (non-hydrogen) atoms. The van der Waals surface area contributed by atoms with Gasteiger partial charge in [-0.1, -0.05) is 0 Å². The number of benzene rings is 1. The summed E-state index contributed by atoms with van der Waals surface area (Å²) in [5.41, 5.74) is 0.436. The van der Waals surface area contributed by atoms with Crippen molar-refractivity contribution >= 4 is 23.9 Å². The number of amides is 1. The highest BCUT2D eigenvalue weighted by molar-refractivity contribution is 5.96. The molecule has 0 spiro atoms. The summed E-state index contributed by atoms with van der Waals surface area (Å²) in [6.45, 7) is 0. The number of carboxylic acids is 2. The number of hydrogen-bond donors (Lipinski definition) is 3. The lowest BCUT2D eigenvalue weighted by Crippen LogP contribution is -2.41. The Hall–Kier alpha value is -3.23. The second-order valence-electron chi connectivity index (χ2n) is 4.78. The quantitative estimate of drug-likeness (QED) is 0.555. The van der Waals surface area contributed by atoms with E-state index in [1.165, 1.54) is 27.4 Å². The number of carbonyl (C=O) groups excluding carboxylic acids is 1. The number of aliphatic carboxylic acids is 2. The highest BCUT2D eigenvalue weighted by atomic mass is 16.5. The van der Waals surface area contributed by atoms with Gasteiger partial charge < -0.3 is 29.7 Å². The highest BCUT2D eigenvalue weighted by Gasteiger charge is 2.22. The third-order valence-electron chi connectivity index (χ3n) is 3.15. The fraction of sp³-hybridized carbons (Fsp3) is 0.312. The molecule has 0 aromatic heterocycles. The van der Waals surface area contributed by atoms with Crippen molar-refractivity contribution in [2.75, 3.05) is 21.3 Å². The lowest BCUT2D eigenvalue weighted by molar-refractivity contribution is -0.146. The summed E-state index contributed by atoms with van der Waals surface area (Å²) in [4.78, 5) is 33.5. The Morgan fingerprint density at radius 3 is 2.04 bits per heavy atom. The van der Waals surface area contributed by atoms with Crippen LogP contribution in [0.15, 0.2) is 18.2 Å². The Kier molecular flexibility index (Phi) is 7.26. The van der Waals surface area contributed by atoms with Gasteiger partial charge in [0.2, 0.25) is 5.91 Å². The summed E-state index contributed by atoms with van der Waals surface area (Å²) in [5.74, 6) is -2.31. The molecule has 1 atom stereocenters. The molecule has 1 aromatic rings. The molecule has 9 heteroatoms. The molecular weight excluding hydrogens is 334 g/mol. The standard InChI is InChI=1S/C16H19NO8/c1-23-9-6-12(24-2)10(13(7-9)25-3)4-5-14(18)17-11(16(21)22)8-15(19)20/h4-7,11H,8H2,1-3H3,(H,17,18)(H,19,20)(H,21,22)/b5-4+/t11-/m0/s1. The van der Waals surface area contributed by atoms with Crippen LogP contribution in [0.4, 0.5) is 0 Å². The third-order valence-corrected chi connectivity index (χ3v) is 3.15. The number of hydrogen-bond acceptors (Lipinski definition) is 6. The van der Waals surface area contributed by atoms with E-state index in [0.717, 1.165) is 6.08 Å². The third kappa shape index (κ3) is 5.72. The van der Waals surface area contributed by atoms with E-state index >= 15 is 0 Å². The van der Waals surface area contributed by atoms with Gasteiger partial charge in [-0.05, 0) is 6.08 Å². The van der Waals surface area contributed by atoms with Crippen LogP contribution in [0.1, 0.15) is 12.0 Å². The maximum atomic E-state index is 11.9. The van der Waals surface area contributed by atoms with Crippen LogP contribution in [0.5, 0.6) is 17.2 Å². The minimum absolute atomic E-state index is 0.376. The Bertz CT molecular complexity index is 658. The van der Waals surface area contributed by atoms with E-state index in [-0.39, 0.29) is 0 Å². The smallest absolute Gasteiger partial charge is 0.326 e. The van der Waals surface area contributed by atoms with E-state index in [4.69, 9.17) is 24.4 Å². The van der Waals surface area contributed by atoms with E-state index in [0.29, 0.717) is 22.8 Å². The molecule has 0 heterocycles. The minimum Gasteiger partial charge on any atom is -0.496 e. The average molecular weight is 353 g/mol. The number of methoxy groups -OCH3 is 3. The monoisotopic (exact) mass is 353 g/mol. The first-order valence-corrected chi connectivity index (χ1v) is 7.05. The molecule has 3 N–H and O–H groups in total. The second kappa shape index (κ2) is 9.16. The molecule has 0 aliphatic heterocycles. The van der Waals surface area contributed by atoms with E-state index in [2.05, 4.69) is 5.32 Å². The van der Waals surface area contributed by atoms with Crippen molar-refractivity contribution in [3.8, 4) is 17.2 Å². The molecule has 0 radical (unpaired) electrons. The van der Waals surface area contributed by atoms with Crippen molar-refractivity contribution in [3.05, 3.63) is 23.8 Å². The van der Waals surface area contributed by atoms with Gasteiger partial charge in [0.25, 0.3) is 0 Å². The number of carboxylic acid groups (broad SMARTS) is 2. The maximum Gasteiger partial charge on any atom is 0.326 e. The zero-order chi connectivity index (χ0) is 19.0. The normalized spacial score (nSPS) is 11.6. The van der Waals surface area contributed by atoms with Gasteiger partial charge in [-0.15, -0.1) is 0 Å². The first-order valence-electron chi connectivity index (χ1n) is 7.05. The van der Waals surface area contributed by atoms with Crippen molar-refractivity contribution in [2.45, 2.75) is 12.5 Å². The summed E-state index contributed by atoms with van der Waals surface area (Å²) in [6.07, 6.45) is 1.70. The SMILES string of the molecule is COc1cc(OC)c(/C=C/C(=O)N[C@@H](CC(=O)O)C(=O)O)c(OC)c1. The molecule has 0 aliphatic carbocycles. The minimum atomic E-state index is -1.53. The lowest BCUT2D eigenvalue weighted by Gasteiger charge is -2.13. The topological polar surface area (TPSA) is 131 Å². The molecule has 0 aliphatic rings. The molecule has 1 rings (SSSR count). The van der Waals surface area contributed by atoms with Crippen molar-refractivity contribution in [3.63, 3.8) is 0 Å². The van der Waals surface area contributed by atoms with Crippen LogP contribution in [0.2, 0.25) is 0 Å². The Balaban J connectivity index is 3.02. The molecule has 0 fully saturated rings. The Morgan fingerprint density at radius 1 is 1.08 bits per heavy atom. The van der Waals surface area contributed by atoms with Crippen molar-refractivity contribution in [1.82, 2.24) is 5.32 Å². The van der Waals surface area contributed by atoms with Crippen LogP contribution in [0.3, 0.4) is 0 Å². The van der Waals surface area contributed by atoms with Gasteiger partial charge in [0.15, 0.2) is 0 Å². The number of carbonyl (C=O) groups is 3. The van der Waals surface area contributed by atoms with Crippen LogP contribution < -0.4 is 19.5 Å². The molecule has 9 nitrogen and oxygen atoms in total. The molecule has 1 aromatic carbocycles. The van der Waals surface area contributed by atoms with Crippen LogP contribution in [0, 0.1) is 0 Å². The predicted octanol–water partition coefficient (Wildman–Crippen LogP) is 0.770. The molecular formula is C16H19NO8. The van der Waals surface area contributed by atoms with Gasteiger partial charge in [0.05, 0.1) is 33.3 Å². The van der Waals surface area contributed by atoms with Crippen molar-refractivity contribution in [1.29, 1.82) is 0 Å². The predicted molar refractivity (Wildman–Crippen MR) is 87.0 cm³/mol. The zero-order valence-corrected chi connectivity index (χ0v) is 13.9. The Morgan fingerprint density at radius 2 is 1.64 bits per heavy atom. The van der Waals surface area contributed by atoms with Gasteiger partial charge in [-0.2, -0.15) is 0 Å². The number of rotatable bonds is 9. The molecule has 136 valence electrons. The van der Waals surface area contributed by atoms with Crippen LogP contribution in [0.25, 0.3) is 6.08 Å². The number of nitrogens with one attached hydrogen (secondary N) is 1. The van der Waals surface area contributed by atoms with E-state index in [9.17, 15) is 14.4 Å². The first-order chi connectivity index (χ1) is 11.8. The summed E-state index contributed by atoms with van der Waals surface area (Å²) in [5, 5.41) is 19.7. The molecule has 0 saturated carbocycles. The van der Waals surface area contributed by atoms with Gasteiger partial charge in [0.1, 0.15) is 23.3 Å². The highest BCUT2D eigenvalue weighted by Crippen LogP contribution is 2.34. The van der Waals surface area contributed by atoms with Gasteiger partial charge >= 0.3 is 11.9 Å². The molecule has 1 amide bonds. The Labute approximate surface area is 143 Å². The largest absolute Gasteiger partial charge is 0.496 e. The first kappa shape index (κ1) is 19.8. The van der Waals surface area contributed by atoms with Crippen molar-refractivity contribution < 1.29 is 38.8 Å². The summed E-state index contributed by atoms with van der Waals surface area (Å²) < 4.78 is 15.6. The lowest BCUT2D eigenvalue weighted by atomic mass is 10.1. The van der Waals surface area contributed by atoms with Gasteiger partial charge in [-0.3, -0.25) is 9.59 Å². The van der Waals surface area contributed by atoms with E-state index in [1.807, 2.05) is 0 Å². The molecule has 0 bridgehead atoms. The van der Waals surface area contributed by atoms with E-state index < -0.39 is 30.3 Å². The maximum absolute atomic E-state index is 11.9. The summed E-state index contributed by atoms with van der Waals surface area (Å²) >= 11 is 0. The van der Waals surface area contributed by atoms with Crippen LogP contribution in [-0.4, -0.2) is 55.4 Å². The zero-order valence-electron chi connectivity index (χ0n) is 13.9. The van der Waals surface area contributed by atoms with E-state index in [1.54, 1.807) is 12.1 Å².